The highest BCUT2D eigenvalue weighted by Gasteiger charge is 2.31. The van der Waals surface area contributed by atoms with Gasteiger partial charge in [0.1, 0.15) is 18.3 Å². The maximum Gasteiger partial charge on any atom is 0.244 e. The number of carbonyl (C=O) groups excluding carboxylic acids is 2. The van der Waals surface area contributed by atoms with E-state index in [1.807, 2.05) is 0 Å². The van der Waals surface area contributed by atoms with Gasteiger partial charge in [0, 0.05) is 23.6 Å². The zero-order chi connectivity index (χ0) is 24.8. The molecule has 2 aromatic carbocycles. The highest BCUT2D eigenvalue weighted by Crippen LogP contribution is 2.30. The van der Waals surface area contributed by atoms with Crippen molar-refractivity contribution < 1.29 is 22.7 Å². The molecule has 0 aliphatic heterocycles. The molecule has 2 amide bonds. The largest absolute Gasteiger partial charge is 0.492 e. The Labute approximate surface area is 204 Å². The number of hydrogen-bond donors (Lipinski definition) is 1. The molecule has 0 bridgehead atoms. The minimum atomic E-state index is -3.86. The lowest BCUT2D eigenvalue weighted by Crippen LogP contribution is -2.50. The Morgan fingerprint density at radius 1 is 1.15 bits per heavy atom. The molecule has 11 heteroatoms. The summed E-state index contributed by atoms with van der Waals surface area (Å²) in [6.45, 7) is 3.09. The topological polar surface area (TPSA) is 96.0 Å². The van der Waals surface area contributed by atoms with Crippen LogP contribution in [-0.2, 0) is 26.2 Å². The molecule has 0 unspecified atom stereocenters. The van der Waals surface area contributed by atoms with E-state index in [1.165, 1.54) is 18.0 Å². The normalized spacial score (nSPS) is 12.1. The molecule has 180 valence electrons. The van der Waals surface area contributed by atoms with E-state index in [4.69, 9.17) is 27.9 Å². The molecule has 33 heavy (non-hydrogen) atoms. The first-order valence-electron chi connectivity index (χ1n) is 10.1. The molecule has 0 aromatic heterocycles. The summed E-state index contributed by atoms with van der Waals surface area (Å²) in [5, 5.41) is 3.26. The third-order valence-corrected chi connectivity index (χ3v) is 6.60. The predicted molar refractivity (Wildman–Crippen MR) is 130 cm³/mol. The standard InChI is InChI=1S/C22H27Cl2N3O5S/c1-5-32-20-9-7-6-8-19(20)27(33(4,30)31)14-21(28)26(15(2)22(29)25-3)13-16-10-11-17(23)12-18(16)24/h6-12,15H,5,13-14H2,1-4H3,(H,25,29)/t15-/m1/s1. The molecule has 0 aliphatic carbocycles. The van der Waals surface area contributed by atoms with Crippen molar-refractivity contribution in [2.75, 3.05) is 30.8 Å². The Balaban J connectivity index is 2.46. The number of nitrogens with zero attached hydrogens (tertiary/aromatic N) is 2. The van der Waals surface area contributed by atoms with Gasteiger partial charge in [-0.05, 0) is 43.7 Å². The molecule has 2 aromatic rings. The maximum absolute atomic E-state index is 13.4. The lowest BCUT2D eigenvalue weighted by molar-refractivity contribution is -0.139. The molecule has 1 atom stereocenters. The molecular formula is C22H27Cl2N3O5S. The number of ether oxygens (including phenoxy) is 1. The Kier molecular flexibility index (Phi) is 9.39. The van der Waals surface area contributed by atoms with Gasteiger partial charge >= 0.3 is 0 Å². The van der Waals surface area contributed by atoms with E-state index in [-0.39, 0.29) is 12.2 Å². The molecule has 8 nitrogen and oxygen atoms in total. The van der Waals surface area contributed by atoms with Gasteiger partial charge in [-0.3, -0.25) is 13.9 Å². The monoisotopic (exact) mass is 515 g/mol. The second-order valence-electron chi connectivity index (χ2n) is 7.22. The van der Waals surface area contributed by atoms with Crippen LogP contribution < -0.4 is 14.4 Å². The fraction of sp³-hybridized carbons (Fsp3) is 0.364. The van der Waals surface area contributed by atoms with E-state index in [1.54, 1.807) is 50.2 Å². The number of halogens is 2. The maximum atomic E-state index is 13.4. The minimum Gasteiger partial charge on any atom is -0.492 e. The SMILES string of the molecule is CCOc1ccccc1N(CC(=O)N(Cc1ccc(Cl)cc1Cl)[C@H](C)C(=O)NC)S(C)(=O)=O. The van der Waals surface area contributed by atoms with Gasteiger partial charge < -0.3 is 15.0 Å². The summed E-state index contributed by atoms with van der Waals surface area (Å²) in [4.78, 5) is 27.1. The van der Waals surface area contributed by atoms with Gasteiger partial charge in [0.05, 0.1) is 18.6 Å². The number of nitrogens with one attached hydrogen (secondary N) is 1. The summed E-state index contributed by atoms with van der Waals surface area (Å²) in [6.07, 6.45) is 1.01. The molecule has 0 spiro atoms. The molecule has 2 rings (SSSR count). The molecule has 0 fully saturated rings. The van der Waals surface area contributed by atoms with Crippen LogP contribution in [0, 0.1) is 0 Å². The Morgan fingerprint density at radius 2 is 1.82 bits per heavy atom. The van der Waals surface area contributed by atoms with Crippen molar-refractivity contribution in [2.24, 2.45) is 0 Å². The molecule has 0 heterocycles. The van der Waals surface area contributed by atoms with E-state index in [0.29, 0.717) is 28.0 Å². The van der Waals surface area contributed by atoms with Crippen LogP contribution in [0.3, 0.4) is 0 Å². The van der Waals surface area contributed by atoms with Gasteiger partial charge in [-0.15, -0.1) is 0 Å². The summed E-state index contributed by atoms with van der Waals surface area (Å²) >= 11 is 12.2. The summed E-state index contributed by atoms with van der Waals surface area (Å²) in [7, 11) is -2.41. The van der Waals surface area contributed by atoms with Gasteiger partial charge in [0.2, 0.25) is 21.8 Å². The first-order chi connectivity index (χ1) is 15.5. The van der Waals surface area contributed by atoms with Crippen LogP contribution in [0.2, 0.25) is 10.0 Å². The molecule has 0 saturated carbocycles. The number of hydrogen-bond acceptors (Lipinski definition) is 5. The average Bonchev–Trinajstić information content (AvgIpc) is 2.76. The highest BCUT2D eigenvalue weighted by molar-refractivity contribution is 7.92. The fourth-order valence-electron chi connectivity index (χ4n) is 3.16. The smallest absolute Gasteiger partial charge is 0.244 e. The average molecular weight is 516 g/mol. The van der Waals surface area contributed by atoms with E-state index in [0.717, 1.165) is 10.6 Å². The molecule has 0 saturated heterocycles. The van der Waals surface area contributed by atoms with Crippen LogP contribution >= 0.6 is 23.2 Å². The summed E-state index contributed by atoms with van der Waals surface area (Å²) in [5.41, 5.74) is 0.790. The molecule has 0 radical (unpaired) electrons. The van der Waals surface area contributed by atoms with E-state index < -0.39 is 34.4 Å². The molecule has 0 aliphatic rings. The Hall–Kier alpha value is -2.49. The molecule has 1 N–H and O–H groups in total. The Morgan fingerprint density at radius 3 is 2.39 bits per heavy atom. The third-order valence-electron chi connectivity index (χ3n) is 4.88. The van der Waals surface area contributed by atoms with Crippen LogP contribution in [0.1, 0.15) is 19.4 Å². The van der Waals surface area contributed by atoms with Gasteiger partial charge in [0.15, 0.2) is 0 Å². The van der Waals surface area contributed by atoms with Crippen molar-refractivity contribution in [1.29, 1.82) is 0 Å². The van der Waals surface area contributed by atoms with Crippen molar-refractivity contribution in [3.05, 3.63) is 58.1 Å². The second-order valence-corrected chi connectivity index (χ2v) is 9.97. The second kappa shape index (κ2) is 11.6. The zero-order valence-corrected chi connectivity index (χ0v) is 21.2. The number of amides is 2. The van der Waals surface area contributed by atoms with Gasteiger partial charge in [-0.2, -0.15) is 0 Å². The molecular weight excluding hydrogens is 489 g/mol. The number of rotatable bonds is 10. The van der Waals surface area contributed by atoms with Crippen molar-refractivity contribution in [2.45, 2.75) is 26.4 Å². The highest BCUT2D eigenvalue weighted by atomic mass is 35.5. The summed E-state index contributed by atoms with van der Waals surface area (Å²) in [6, 6.07) is 10.5. The number of carbonyl (C=O) groups is 2. The van der Waals surface area contributed by atoms with Crippen LogP contribution in [0.4, 0.5) is 5.69 Å². The number of anilines is 1. The Bertz CT molecular complexity index is 1110. The van der Waals surface area contributed by atoms with Crippen molar-refractivity contribution in [3.63, 3.8) is 0 Å². The zero-order valence-electron chi connectivity index (χ0n) is 18.8. The third kappa shape index (κ3) is 6.99. The van der Waals surface area contributed by atoms with E-state index in [9.17, 15) is 18.0 Å². The lowest BCUT2D eigenvalue weighted by Gasteiger charge is -2.31. The van der Waals surface area contributed by atoms with Gasteiger partial charge in [-0.25, -0.2) is 8.42 Å². The first kappa shape index (κ1) is 26.8. The van der Waals surface area contributed by atoms with Gasteiger partial charge in [0.25, 0.3) is 0 Å². The van der Waals surface area contributed by atoms with Crippen molar-refractivity contribution >= 4 is 50.7 Å². The number of sulfonamides is 1. The van der Waals surface area contributed by atoms with Gasteiger partial charge in [-0.1, -0.05) is 41.4 Å². The van der Waals surface area contributed by atoms with Crippen LogP contribution in [0.15, 0.2) is 42.5 Å². The van der Waals surface area contributed by atoms with E-state index in [2.05, 4.69) is 5.32 Å². The van der Waals surface area contributed by atoms with Crippen molar-refractivity contribution in [1.82, 2.24) is 10.2 Å². The first-order valence-corrected chi connectivity index (χ1v) is 12.7. The summed E-state index contributed by atoms with van der Waals surface area (Å²) in [5.74, 6) is -0.673. The summed E-state index contributed by atoms with van der Waals surface area (Å²) < 4.78 is 31.8. The fourth-order valence-corrected chi connectivity index (χ4v) is 4.48. The predicted octanol–water partition coefficient (Wildman–Crippen LogP) is 3.32. The number of likely N-dealkylation sites (N-methyl/N-ethyl adjacent to an activating group) is 1. The number of para-hydroxylation sites is 2. The van der Waals surface area contributed by atoms with E-state index >= 15 is 0 Å². The lowest BCUT2D eigenvalue weighted by atomic mass is 10.1. The minimum absolute atomic E-state index is 0.0197. The van der Waals surface area contributed by atoms with Crippen LogP contribution in [0.5, 0.6) is 5.75 Å². The number of benzene rings is 2. The quantitative estimate of drug-likeness (QED) is 0.523. The van der Waals surface area contributed by atoms with Crippen LogP contribution in [-0.4, -0.2) is 57.6 Å². The van der Waals surface area contributed by atoms with Crippen LogP contribution in [0.25, 0.3) is 0 Å². The van der Waals surface area contributed by atoms with Crippen molar-refractivity contribution in [3.8, 4) is 5.75 Å².